The summed E-state index contributed by atoms with van der Waals surface area (Å²) in [5.74, 6) is -0.985. The number of hydrogen-bond donors (Lipinski definition) is 1. The number of aliphatic imine (C=N–C) groups is 1. The normalized spacial score (nSPS) is 19.3. The molecule has 0 aliphatic carbocycles. The Bertz CT molecular complexity index is 991. The predicted molar refractivity (Wildman–Crippen MR) is 103 cm³/mol. The smallest absolute Gasteiger partial charge is 0.387 e. The molecule has 0 saturated carbocycles. The van der Waals surface area contributed by atoms with Crippen LogP contribution in [0.2, 0.25) is 0 Å². The topological polar surface area (TPSA) is 67.9 Å². The molecule has 0 bridgehead atoms. The Morgan fingerprint density at radius 1 is 1.14 bits per heavy atom. The maximum absolute atomic E-state index is 14.4. The molecule has 0 fully saturated rings. The number of amides is 1. The molecule has 8 heteroatoms. The Morgan fingerprint density at radius 2 is 1.83 bits per heavy atom. The zero-order valence-corrected chi connectivity index (χ0v) is 16.5. The summed E-state index contributed by atoms with van der Waals surface area (Å²) in [7, 11) is 1.48. The van der Waals surface area contributed by atoms with Gasteiger partial charge in [-0.05, 0) is 59.4 Å². The SMILES string of the molecule is Cc1cc(C2(c3cc(F)cc(C(C)C)c3)N=C(N)N(C)C2=O)ccc1OC(F)F. The molecule has 1 aliphatic rings. The Morgan fingerprint density at radius 3 is 2.34 bits per heavy atom. The quantitative estimate of drug-likeness (QED) is 0.821. The van der Waals surface area contributed by atoms with Gasteiger partial charge < -0.3 is 10.5 Å². The Labute approximate surface area is 167 Å². The summed E-state index contributed by atoms with van der Waals surface area (Å²) in [5, 5.41) is 0. The molecule has 1 aliphatic heterocycles. The van der Waals surface area contributed by atoms with E-state index in [1.807, 2.05) is 13.8 Å². The van der Waals surface area contributed by atoms with Crippen molar-refractivity contribution < 1.29 is 22.7 Å². The van der Waals surface area contributed by atoms with Crippen LogP contribution in [0, 0.1) is 12.7 Å². The zero-order valence-electron chi connectivity index (χ0n) is 16.5. The summed E-state index contributed by atoms with van der Waals surface area (Å²) in [4.78, 5) is 18.9. The fraction of sp³-hybridized carbons (Fsp3) is 0.333. The van der Waals surface area contributed by atoms with Gasteiger partial charge in [0.25, 0.3) is 5.91 Å². The molecule has 1 amide bonds. The molecule has 154 valence electrons. The average molecular weight is 405 g/mol. The molecule has 5 nitrogen and oxygen atoms in total. The largest absolute Gasteiger partial charge is 0.435 e. The van der Waals surface area contributed by atoms with Crippen LogP contribution in [0.25, 0.3) is 0 Å². The first-order chi connectivity index (χ1) is 13.6. The van der Waals surface area contributed by atoms with Crippen LogP contribution in [0.15, 0.2) is 41.4 Å². The number of guanidine groups is 1. The van der Waals surface area contributed by atoms with Crippen molar-refractivity contribution in [3.8, 4) is 5.75 Å². The standard InChI is InChI=1S/C21H22F3N3O2/c1-11(2)13-8-15(10-16(22)9-13)21(18(28)27(4)20(25)26-21)14-5-6-17(12(3)7-14)29-19(23)24/h5-11,19H,1-4H3,(H2,25,26). The maximum atomic E-state index is 14.4. The van der Waals surface area contributed by atoms with Gasteiger partial charge in [-0.3, -0.25) is 9.69 Å². The minimum absolute atomic E-state index is 0.0145. The van der Waals surface area contributed by atoms with Gasteiger partial charge in [-0.15, -0.1) is 0 Å². The summed E-state index contributed by atoms with van der Waals surface area (Å²) < 4.78 is 44.1. The van der Waals surface area contributed by atoms with Crippen molar-refractivity contribution in [2.75, 3.05) is 7.05 Å². The summed E-state index contributed by atoms with van der Waals surface area (Å²) >= 11 is 0. The number of alkyl halides is 2. The van der Waals surface area contributed by atoms with E-state index in [4.69, 9.17) is 5.73 Å². The van der Waals surface area contributed by atoms with E-state index in [1.54, 1.807) is 13.0 Å². The summed E-state index contributed by atoms with van der Waals surface area (Å²) in [6.45, 7) is 2.42. The number of likely N-dealkylation sites (N-methyl/N-ethyl adjacent to an activating group) is 1. The number of aryl methyl sites for hydroxylation is 1. The van der Waals surface area contributed by atoms with Gasteiger partial charge in [-0.1, -0.05) is 26.0 Å². The van der Waals surface area contributed by atoms with Crippen LogP contribution in [-0.4, -0.2) is 30.4 Å². The Hall–Kier alpha value is -3.03. The van der Waals surface area contributed by atoms with Gasteiger partial charge in [0, 0.05) is 7.05 Å². The first kappa shape index (κ1) is 20.7. The molecule has 1 atom stereocenters. The van der Waals surface area contributed by atoms with Crippen LogP contribution < -0.4 is 10.5 Å². The van der Waals surface area contributed by atoms with Crippen molar-refractivity contribution in [3.05, 3.63) is 64.5 Å². The van der Waals surface area contributed by atoms with Gasteiger partial charge in [0.15, 0.2) is 11.5 Å². The van der Waals surface area contributed by atoms with Crippen molar-refractivity contribution in [2.24, 2.45) is 10.7 Å². The van der Waals surface area contributed by atoms with E-state index < -0.39 is 23.9 Å². The first-order valence-corrected chi connectivity index (χ1v) is 9.06. The van der Waals surface area contributed by atoms with Crippen molar-refractivity contribution in [1.82, 2.24) is 4.90 Å². The lowest BCUT2D eigenvalue weighted by Crippen LogP contribution is -2.41. The number of hydrogen-bond acceptors (Lipinski definition) is 4. The second kappa shape index (κ2) is 7.42. The van der Waals surface area contributed by atoms with E-state index in [9.17, 15) is 18.0 Å². The van der Waals surface area contributed by atoms with Gasteiger partial charge in [0.05, 0.1) is 0 Å². The third kappa shape index (κ3) is 3.54. The second-order valence-electron chi connectivity index (χ2n) is 7.33. The third-order valence-corrected chi connectivity index (χ3v) is 5.05. The lowest BCUT2D eigenvalue weighted by Gasteiger charge is -2.27. The van der Waals surface area contributed by atoms with Crippen molar-refractivity contribution in [1.29, 1.82) is 0 Å². The monoisotopic (exact) mass is 405 g/mol. The number of nitrogens with zero attached hydrogens (tertiary/aromatic N) is 2. The van der Waals surface area contributed by atoms with Gasteiger partial charge >= 0.3 is 6.61 Å². The lowest BCUT2D eigenvalue weighted by molar-refractivity contribution is -0.129. The van der Waals surface area contributed by atoms with Crippen LogP contribution in [0.5, 0.6) is 5.75 Å². The molecule has 1 heterocycles. The zero-order chi connectivity index (χ0) is 21.5. The molecule has 29 heavy (non-hydrogen) atoms. The summed E-state index contributed by atoms with van der Waals surface area (Å²) in [5.41, 5.74) is 6.10. The van der Waals surface area contributed by atoms with Crippen LogP contribution in [0.3, 0.4) is 0 Å². The molecular weight excluding hydrogens is 383 g/mol. The molecule has 3 rings (SSSR count). The van der Waals surface area contributed by atoms with E-state index >= 15 is 0 Å². The summed E-state index contributed by atoms with van der Waals surface area (Å²) in [6.07, 6.45) is 0. The number of carbonyl (C=O) groups excluding carboxylic acids is 1. The number of benzene rings is 2. The van der Waals surface area contributed by atoms with E-state index in [1.165, 1.54) is 42.3 Å². The molecule has 0 saturated heterocycles. The van der Waals surface area contributed by atoms with E-state index in [0.717, 1.165) is 0 Å². The number of nitrogens with two attached hydrogens (primary N) is 1. The van der Waals surface area contributed by atoms with E-state index in [0.29, 0.717) is 22.3 Å². The van der Waals surface area contributed by atoms with Crippen LogP contribution in [-0.2, 0) is 10.3 Å². The number of ether oxygens (including phenoxy) is 1. The highest BCUT2D eigenvalue weighted by atomic mass is 19.3. The fourth-order valence-electron chi connectivity index (χ4n) is 3.44. The number of rotatable bonds is 5. The average Bonchev–Trinajstić information content (AvgIpc) is 2.87. The Balaban J connectivity index is 2.25. The minimum Gasteiger partial charge on any atom is -0.435 e. The third-order valence-electron chi connectivity index (χ3n) is 5.05. The van der Waals surface area contributed by atoms with Gasteiger partial charge in [0.2, 0.25) is 0 Å². The van der Waals surface area contributed by atoms with Crippen molar-refractivity contribution in [2.45, 2.75) is 38.8 Å². The molecule has 2 N–H and O–H groups in total. The Kier molecular flexibility index (Phi) is 5.30. The van der Waals surface area contributed by atoms with E-state index in [-0.39, 0.29) is 17.6 Å². The maximum Gasteiger partial charge on any atom is 0.387 e. The van der Waals surface area contributed by atoms with Crippen LogP contribution in [0.1, 0.15) is 42.0 Å². The van der Waals surface area contributed by atoms with Gasteiger partial charge in [-0.25, -0.2) is 9.38 Å². The molecule has 2 aromatic rings. The van der Waals surface area contributed by atoms with Gasteiger partial charge in [0.1, 0.15) is 11.6 Å². The lowest BCUT2D eigenvalue weighted by atomic mass is 9.80. The van der Waals surface area contributed by atoms with Crippen molar-refractivity contribution in [3.63, 3.8) is 0 Å². The molecule has 2 aromatic carbocycles. The molecular formula is C21H22F3N3O2. The highest BCUT2D eigenvalue weighted by molar-refractivity contribution is 6.09. The van der Waals surface area contributed by atoms with Crippen LogP contribution >= 0.6 is 0 Å². The van der Waals surface area contributed by atoms with Crippen molar-refractivity contribution >= 4 is 11.9 Å². The molecule has 0 aromatic heterocycles. The predicted octanol–water partition coefficient (Wildman–Crippen LogP) is 3.89. The second-order valence-corrected chi connectivity index (χ2v) is 7.33. The van der Waals surface area contributed by atoms with E-state index in [2.05, 4.69) is 9.73 Å². The molecule has 0 spiro atoms. The fourth-order valence-corrected chi connectivity index (χ4v) is 3.44. The number of carbonyl (C=O) groups is 1. The van der Waals surface area contributed by atoms with Gasteiger partial charge in [-0.2, -0.15) is 8.78 Å². The first-order valence-electron chi connectivity index (χ1n) is 9.06. The minimum atomic E-state index is -2.97. The van der Waals surface area contributed by atoms with Crippen LogP contribution in [0.4, 0.5) is 13.2 Å². The molecule has 1 unspecified atom stereocenters. The highest BCUT2D eigenvalue weighted by Crippen LogP contribution is 2.41. The highest BCUT2D eigenvalue weighted by Gasteiger charge is 2.50. The number of halogens is 3. The molecule has 0 radical (unpaired) electrons. The summed E-state index contributed by atoms with van der Waals surface area (Å²) in [6, 6.07) is 8.73.